The molecule has 0 radical (unpaired) electrons. The molecule has 0 N–H and O–H groups in total. The second-order valence-corrected chi connectivity index (χ2v) is 13.0. The number of carbonyl (C=O) groups excluding carboxylic acids is 2. The van der Waals surface area contributed by atoms with Crippen LogP contribution in [0.5, 0.6) is 0 Å². The Morgan fingerprint density at radius 1 is 1.00 bits per heavy atom. The minimum absolute atomic E-state index is 0.0702. The molecule has 2 amide bonds. The Balaban J connectivity index is 1.37. The van der Waals surface area contributed by atoms with Crippen molar-refractivity contribution in [2.24, 2.45) is 11.3 Å². The SMILES string of the molecule is CC(C)c1ccc2c(c1)CCC1[C@](C)(CN3C(=O)c4cccc5c(Br)ccc(c45)C3=O)CCC[C@]21C. The van der Waals surface area contributed by atoms with Gasteiger partial charge in [-0.1, -0.05) is 80.4 Å². The quantitative estimate of drug-likeness (QED) is 0.313. The van der Waals surface area contributed by atoms with Gasteiger partial charge in [0, 0.05) is 27.5 Å². The molecule has 36 heavy (non-hydrogen) atoms. The molecule has 186 valence electrons. The summed E-state index contributed by atoms with van der Waals surface area (Å²) in [5.41, 5.74) is 5.64. The van der Waals surface area contributed by atoms with Gasteiger partial charge in [0.25, 0.3) is 11.8 Å². The number of rotatable bonds is 3. The molecule has 0 saturated heterocycles. The van der Waals surface area contributed by atoms with E-state index in [4.69, 9.17) is 0 Å². The number of nitrogens with zero attached hydrogens (tertiary/aromatic N) is 1. The van der Waals surface area contributed by atoms with Crippen molar-refractivity contribution in [3.63, 3.8) is 0 Å². The van der Waals surface area contributed by atoms with Crippen molar-refractivity contribution in [1.29, 1.82) is 0 Å². The number of amides is 2. The highest BCUT2D eigenvalue weighted by atomic mass is 79.9. The van der Waals surface area contributed by atoms with Crippen LogP contribution in [-0.2, 0) is 11.8 Å². The Morgan fingerprint density at radius 3 is 2.50 bits per heavy atom. The van der Waals surface area contributed by atoms with Gasteiger partial charge in [-0.05, 0) is 88.6 Å². The van der Waals surface area contributed by atoms with Crippen LogP contribution in [-0.4, -0.2) is 23.3 Å². The zero-order chi connectivity index (χ0) is 25.4. The maximum atomic E-state index is 13.8. The van der Waals surface area contributed by atoms with Crippen molar-refractivity contribution in [3.8, 4) is 0 Å². The van der Waals surface area contributed by atoms with Gasteiger partial charge in [0.15, 0.2) is 0 Å². The third-order valence-corrected chi connectivity index (χ3v) is 10.3. The lowest BCUT2D eigenvalue weighted by molar-refractivity contribution is 0.000255. The molecule has 1 fully saturated rings. The molecule has 1 saturated carbocycles. The summed E-state index contributed by atoms with van der Waals surface area (Å²) in [6, 6.07) is 16.7. The molecule has 3 nitrogen and oxygen atoms in total. The summed E-state index contributed by atoms with van der Waals surface area (Å²) in [5, 5.41) is 1.71. The van der Waals surface area contributed by atoms with Crippen LogP contribution in [0.15, 0.2) is 53.0 Å². The number of carbonyl (C=O) groups is 2. The first-order chi connectivity index (χ1) is 17.1. The van der Waals surface area contributed by atoms with Gasteiger partial charge in [-0.15, -0.1) is 0 Å². The van der Waals surface area contributed by atoms with Gasteiger partial charge in [-0.25, -0.2) is 0 Å². The van der Waals surface area contributed by atoms with E-state index < -0.39 is 0 Å². The number of imide groups is 1. The van der Waals surface area contributed by atoms with Gasteiger partial charge >= 0.3 is 0 Å². The van der Waals surface area contributed by atoms with E-state index in [1.54, 1.807) is 4.90 Å². The third kappa shape index (κ3) is 3.36. The molecule has 6 rings (SSSR count). The lowest BCUT2D eigenvalue weighted by Crippen LogP contribution is -2.55. The van der Waals surface area contributed by atoms with E-state index in [2.05, 4.69) is 61.8 Å². The molecule has 1 unspecified atom stereocenters. The van der Waals surface area contributed by atoms with Crippen molar-refractivity contribution in [3.05, 3.63) is 80.8 Å². The van der Waals surface area contributed by atoms with Crippen LogP contribution in [0.2, 0.25) is 0 Å². The van der Waals surface area contributed by atoms with Crippen LogP contribution in [0, 0.1) is 11.3 Å². The molecule has 3 atom stereocenters. The zero-order valence-corrected chi connectivity index (χ0v) is 23.2. The molecule has 0 bridgehead atoms. The fourth-order valence-electron chi connectivity index (χ4n) is 7.81. The van der Waals surface area contributed by atoms with E-state index in [1.807, 2.05) is 30.3 Å². The second-order valence-electron chi connectivity index (χ2n) is 12.1. The second kappa shape index (κ2) is 8.28. The maximum absolute atomic E-state index is 13.8. The van der Waals surface area contributed by atoms with Crippen molar-refractivity contribution in [2.45, 2.75) is 71.1 Å². The van der Waals surface area contributed by atoms with Crippen molar-refractivity contribution in [2.75, 3.05) is 6.54 Å². The molecule has 4 heteroatoms. The van der Waals surface area contributed by atoms with E-state index in [-0.39, 0.29) is 22.6 Å². The van der Waals surface area contributed by atoms with E-state index in [0.717, 1.165) is 40.9 Å². The minimum Gasteiger partial charge on any atom is -0.274 e. The van der Waals surface area contributed by atoms with Crippen molar-refractivity contribution < 1.29 is 9.59 Å². The van der Waals surface area contributed by atoms with Crippen molar-refractivity contribution >= 4 is 38.5 Å². The number of halogens is 1. The number of hydrogen-bond acceptors (Lipinski definition) is 2. The maximum Gasteiger partial charge on any atom is 0.261 e. The number of aryl methyl sites for hydroxylation is 1. The van der Waals surface area contributed by atoms with Gasteiger partial charge in [0.1, 0.15) is 0 Å². The van der Waals surface area contributed by atoms with E-state index in [9.17, 15) is 9.59 Å². The summed E-state index contributed by atoms with van der Waals surface area (Å²) in [5.74, 6) is 0.658. The van der Waals surface area contributed by atoms with E-state index in [0.29, 0.717) is 29.5 Å². The number of hydrogen-bond donors (Lipinski definition) is 0. The fourth-order valence-corrected chi connectivity index (χ4v) is 8.27. The lowest BCUT2D eigenvalue weighted by Gasteiger charge is -2.56. The summed E-state index contributed by atoms with van der Waals surface area (Å²) in [4.78, 5) is 29.1. The summed E-state index contributed by atoms with van der Waals surface area (Å²) < 4.78 is 0.911. The third-order valence-electron chi connectivity index (χ3n) is 9.63. The van der Waals surface area contributed by atoms with Crippen LogP contribution in [0.1, 0.15) is 96.7 Å². The van der Waals surface area contributed by atoms with Gasteiger partial charge in [0.2, 0.25) is 0 Å². The van der Waals surface area contributed by atoms with Crippen LogP contribution >= 0.6 is 15.9 Å². The van der Waals surface area contributed by atoms with Gasteiger partial charge in [0.05, 0.1) is 0 Å². The Kier molecular flexibility index (Phi) is 5.50. The fraction of sp³-hybridized carbons (Fsp3) is 0.438. The number of fused-ring (bicyclic) bond motifs is 3. The average molecular weight is 545 g/mol. The molecule has 2 aliphatic carbocycles. The van der Waals surface area contributed by atoms with Crippen LogP contribution in [0.25, 0.3) is 10.8 Å². The Bertz CT molecular complexity index is 1400. The normalized spacial score (nSPS) is 27.4. The largest absolute Gasteiger partial charge is 0.274 e. The van der Waals surface area contributed by atoms with Crippen LogP contribution in [0.4, 0.5) is 0 Å². The monoisotopic (exact) mass is 543 g/mol. The van der Waals surface area contributed by atoms with E-state index >= 15 is 0 Å². The summed E-state index contributed by atoms with van der Waals surface area (Å²) in [6.07, 6.45) is 5.51. The lowest BCUT2D eigenvalue weighted by atomic mass is 9.49. The molecule has 3 aromatic rings. The average Bonchev–Trinajstić information content (AvgIpc) is 2.85. The predicted octanol–water partition coefficient (Wildman–Crippen LogP) is 8.03. The molecule has 3 aliphatic rings. The molecule has 3 aromatic carbocycles. The highest BCUT2D eigenvalue weighted by Crippen LogP contribution is 2.58. The molecule has 0 aromatic heterocycles. The smallest absolute Gasteiger partial charge is 0.261 e. The van der Waals surface area contributed by atoms with Gasteiger partial charge in [-0.3, -0.25) is 14.5 Å². The number of benzene rings is 3. The van der Waals surface area contributed by atoms with Crippen LogP contribution in [0.3, 0.4) is 0 Å². The first kappa shape index (κ1) is 23.9. The zero-order valence-electron chi connectivity index (χ0n) is 21.7. The predicted molar refractivity (Wildman–Crippen MR) is 149 cm³/mol. The first-order valence-corrected chi connectivity index (χ1v) is 14.1. The first-order valence-electron chi connectivity index (χ1n) is 13.3. The molecule has 0 spiro atoms. The van der Waals surface area contributed by atoms with Gasteiger partial charge in [-0.2, -0.15) is 0 Å². The molecule has 1 aliphatic heterocycles. The van der Waals surface area contributed by atoms with Crippen molar-refractivity contribution in [1.82, 2.24) is 4.90 Å². The summed E-state index contributed by atoms with van der Waals surface area (Å²) in [6.45, 7) is 9.78. The minimum atomic E-state index is -0.150. The molecular formula is C32H34BrNO2. The summed E-state index contributed by atoms with van der Waals surface area (Å²) >= 11 is 3.59. The topological polar surface area (TPSA) is 37.4 Å². The van der Waals surface area contributed by atoms with Gasteiger partial charge < -0.3 is 0 Å². The molecule has 1 heterocycles. The highest BCUT2D eigenvalue weighted by molar-refractivity contribution is 9.10. The van der Waals surface area contributed by atoms with E-state index in [1.165, 1.54) is 23.1 Å². The Hall–Kier alpha value is -2.46. The van der Waals surface area contributed by atoms with Crippen LogP contribution < -0.4 is 0 Å². The standard InChI is InChI=1S/C32H34BrNO2/c1-19(2)20-9-12-25-21(17-20)10-14-27-31(3,15-6-16-32(25,27)4)18-34-29(35)23-8-5-7-22-26(33)13-11-24(28(22)23)30(34)36/h5,7-9,11-13,17,19,27H,6,10,14-16,18H2,1-4H3/t27?,31-,32+/m0/s1. The highest BCUT2D eigenvalue weighted by Gasteiger charge is 2.53. The molecular weight excluding hydrogens is 510 g/mol. The Morgan fingerprint density at radius 2 is 1.75 bits per heavy atom. The summed E-state index contributed by atoms with van der Waals surface area (Å²) in [7, 11) is 0. The Labute approximate surface area is 222 Å².